The maximum atomic E-state index is 12.9. The molecular formula is C23H19N5O3. The summed E-state index contributed by atoms with van der Waals surface area (Å²) < 4.78 is 5.86. The van der Waals surface area contributed by atoms with Crippen LogP contribution in [0.15, 0.2) is 76.7 Å². The van der Waals surface area contributed by atoms with Crippen molar-refractivity contribution in [1.82, 2.24) is 23.3 Å². The smallest absolute Gasteiger partial charge is 0.312 e. The Hall–Kier alpha value is -4.20. The lowest BCUT2D eigenvalue weighted by molar-refractivity contribution is 0.0965. The molecule has 31 heavy (non-hydrogen) atoms. The first-order chi connectivity index (χ1) is 15.0. The van der Waals surface area contributed by atoms with Gasteiger partial charge >= 0.3 is 5.69 Å². The summed E-state index contributed by atoms with van der Waals surface area (Å²) in [6.07, 6.45) is 3.33. The van der Waals surface area contributed by atoms with Gasteiger partial charge in [0.25, 0.3) is 11.5 Å². The zero-order chi connectivity index (χ0) is 21.7. The van der Waals surface area contributed by atoms with Crippen molar-refractivity contribution in [3.8, 4) is 0 Å². The molecule has 3 heterocycles. The van der Waals surface area contributed by atoms with E-state index in [0.29, 0.717) is 17.8 Å². The number of benzene rings is 2. The number of aromatic nitrogens is 5. The van der Waals surface area contributed by atoms with Gasteiger partial charge in [-0.1, -0.05) is 30.3 Å². The Morgan fingerprint density at radius 3 is 2.45 bits per heavy atom. The van der Waals surface area contributed by atoms with E-state index in [1.54, 1.807) is 40.8 Å². The molecule has 0 saturated carbocycles. The SMILES string of the molecule is Cn1c(=O)c2ncn(Cc3ccc(C(=O)n4ccc5ccccc54)cc3)c2n(C)c1=O. The highest BCUT2D eigenvalue weighted by molar-refractivity contribution is 6.02. The second-order valence-electron chi connectivity index (χ2n) is 7.50. The summed E-state index contributed by atoms with van der Waals surface area (Å²) in [7, 11) is 3.05. The Morgan fingerprint density at radius 2 is 1.68 bits per heavy atom. The van der Waals surface area contributed by atoms with Crippen LogP contribution in [-0.4, -0.2) is 29.2 Å². The summed E-state index contributed by atoms with van der Waals surface area (Å²) in [6, 6.07) is 16.9. The fourth-order valence-corrected chi connectivity index (χ4v) is 3.90. The molecule has 8 nitrogen and oxygen atoms in total. The third-order valence-electron chi connectivity index (χ3n) is 5.58. The summed E-state index contributed by atoms with van der Waals surface area (Å²) in [5.41, 5.74) is 2.24. The molecule has 0 unspecified atom stereocenters. The van der Waals surface area contributed by atoms with Crippen LogP contribution in [0.5, 0.6) is 0 Å². The molecule has 2 aromatic carbocycles. The third-order valence-corrected chi connectivity index (χ3v) is 5.58. The van der Waals surface area contributed by atoms with Gasteiger partial charge in [-0.25, -0.2) is 9.78 Å². The van der Waals surface area contributed by atoms with Crippen molar-refractivity contribution in [1.29, 1.82) is 0 Å². The summed E-state index contributed by atoms with van der Waals surface area (Å²) in [6.45, 7) is 0.415. The van der Waals surface area contributed by atoms with Crippen LogP contribution in [0.1, 0.15) is 15.9 Å². The molecule has 154 valence electrons. The van der Waals surface area contributed by atoms with E-state index in [9.17, 15) is 14.4 Å². The van der Waals surface area contributed by atoms with Crippen LogP contribution in [0, 0.1) is 0 Å². The highest BCUT2D eigenvalue weighted by atomic mass is 16.2. The Bertz CT molecular complexity index is 1580. The monoisotopic (exact) mass is 413 g/mol. The van der Waals surface area contributed by atoms with Crippen LogP contribution in [0.25, 0.3) is 22.1 Å². The number of imidazole rings is 1. The summed E-state index contributed by atoms with van der Waals surface area (Å²) in [5.74, 6) is -0.105. The van der Waals surface area contributed by atoms with E-state index < -0.39 is 11.2 Å². The normalized spacial score (nSPS) is 11.4. The van der Waals surface area contributed by atoms with E-state index in [0.717, 1.165) is 21.0 Å². The number of para-hydroxylation sites is 1. The number of hydrogen-bond acceptors (Lipinski definition) is 4. The van der Waals surface area contributed by atoms with Crippen LogP contribution in [0.4, 0.5) is 0 Å². The average molecular weight is 413 g/mol. The van der Waals surface area contributed by atoms with E-state index in [1.807, 2.05) is 42.5 Å². The number of hydrogen-bond donors (Lipinski definition) is 0. The topological polar surface area (TPSA) is 83.8 Å². The van der Waals surface area contributed by atoms with Gasteiger partial charge in [0.1, 0.15) is 5.65 Å². The highest BCUT2D eigenvalue weighted by Crippen LogP contribution is 2.18. The molecule has 0 saturated heterocycles. The summed E-state index contributed by atoms with van der Waals surface area (Å²) >= 11 is 0. The quantitative estimate of drug-likeness (QED) is 0.454. The van der Waals surface area contributed by atoms with Crippen molar-refractivity contribution in [2.75, 3.05) is 0 Å². The number of fused-ring (bicyclic) bond motifs is 2. The molecule has 0 fully saturated rings. The van der Waals surface area contributed by atoms with Crippen LogP contribution >= 0.6 is 0 Å². The maximum absolute atomic E-state index is 12.9. The van der Waals surface area contributed by atoms with E-state index >= 15 is 0 Å². The Labute approximate surface area is 176 Å². The van der Waals surface area contributed by atoms with Crippen LogP contribution in [0.3, 0.4) is 0 Å². The molecule has 8 heteroatoms. The molecule has 0 aliphatic carbocycles. The lowest BCUT2D eigenvalue weighted by atomic mass is 10.1. The van der Waals surface area contributed by atoms with Crippen molar-refractivity contribution in [2.45, 2.75) is 6.54 Å². The second-order valence-corrected chi connectivity index (χ2v) is 7.50. The van der Waals surface area contributed by atoms with Crippen molar-refractivity contribution >= 4 is 28.0 Å². The summed E-state index contributed by atoms with van der Waals surface area (Å²) in [5, 5.41) is 1.01. The molecule has 0 amide bonds. The molecule has 5 aromatic rings. The summed E-state index contributed by atoms with van der Waals surface area (Å²) in [4.78, 5) is 41.7. The minimum Gasteiger partial charge on any atom is -0.312 e. The molecule has 5 rings (SSSR count). The van der Waals surface area contributed by atoms with Gasteiger partial charge in [0.2, 0.25) is 0 Å². The van der Waals surface area contributed by atoms with Crippen molar-refractivity contribution in [2.24, 2.45) is 14.1 Å². The van der Waals surface area contributed by atoms with Crippen LogP contribution < -0.4 is 11.2 Å². The van der Waals surface area contributed by atoms with Gasteiger partial charge in [0.05, 0.1) is 18.4 Å². The first-order valence-corrected chi connectivity index (χ1v) is 9.76. The fourth-order valence-electron chi connectivity index (χ4n) is 3.90. The highest BCUT2D eigenvalue weighted by Gasteiger charge is 2.15. The van der Waals surface area contributed by atoms with E-state index in [1.165, 1.54) is 11.6 Å². The van der Waals surface area contributed by atoms with E-state index in [4.69, 9.17) is 0 Å². The lowest BCUT2D eigenvalue weighted by Gasteiger charge is -2.10. The Kier molecular flexibility index (Phi) is 4.21. The van der Waals surface area contributed by atoms with E-state index in [2.05, 4.69) is 4.98 Å². The number of nitrogens with zero attached hydrogens (tertiary/aromatic N) is 5. The number of carbonyl (C=O) groups excluding carboxylic acids is 1. The van der Waals surface area contributed by atoms with Gasteiger partial charge in [-0.3, -0.25) is 23.3 Å². The zero-order valence-corrected chi connectivity index (χ0v) is 17.0. The first-order valence-electron chi connectivity index (χ1n) is 9.76. The number of carbonyl (C=O) groups is 1. The first kappa shape index (κ1) is 18.8. The lowest BCUT2D eigenvalue weighted by Crippen LogP contribution is -2.37. The van der Waals surface area contributed by atoms with Crippen LogP contribution in [0.2, 0.25) is 0 Å². The molecule has 0 spiro atoms. The predicted molar refractivity (Wildman–Crippen MR) is 117 cm³/mol. The molecule has 0 N–H and O–H groups in total. The van der Waals surface area contributed by atoms with Gasteiger partial charge in [0, 0.05) is 31.2 Å². The number of rotatable bonds is 3. The molecule has 0 radical (unpaired) electrons. The predicted octanol–water partition coefficient (Wildman–Crippen LogP) is 2.13. The largest absolute Gasteiger partial charge is 0.332 e. The molecular weight excluding hydrogens is 394 g/mol. The maximum Gasteiger partial charge on any atom is 0.332 e. The number of aryl methyl sites for hydroxylation is 1. The molecule has 0 aliphatic heterocycles. The average Bonchev–Trinajstić information content (AvgIpc) is 3.41. The molecule has 0 aliphatic rings. The molecule has 0 bridgehead atoms. The molecule has 0 atom stereocenters. The van der Waals surface area contributed by atoms with Gasteiger partial charge in [-0.2, -0.15) is 0 Å². The Balaban J connectivity index is 1.47. The Morgan fingerprint density at radius 1 is 0.935 bits per heavy atom. The van der Waals surface area contributed by atoms with Gasteiger partial charge in [0.15, 0.2) is 5.52 Å². The van der Waals surface area contributed by atoms with Crippen molar-refractivity contribution in [3.63, 3.8) is 0 Å². The van der Waals surface area contributed by atoms with E-state index in [-0.39, 0.29) is 11.4 Å². The van der Waals surface area contributed by atoms with Gasteiger partial charge in [-0.05, 0) is 29.8 Å². The van der Waals surface area contributed by atoms with Crippen molar-refractivity contribution in [3.05, 3.63) is 99.1 Å². The third kappa shape index (κ3) is 2.92. The van der Waals surface area contributed by atoms with Crippen LogP contribution in [-0.2, 0) is 20.6 Å². The fraction of sp³-hybridized carbons (Fsp3) is 0.130. The van der Waals surface area contributed by atoms with Crippen molar-refractivity contribution < 1.29 is 4.79 Å². The standard InChI is InChI=1S/C23H19N5O3/c1-25-20-19(22(30)26(2)23(25)31)24-14-27(20)13-15-7-9-17(10-8-15)21(29)28-12-11-16-5-3-4-6-18(16)28/h3-12,14H,13H2,1-2H3. The second kappa shape index (κ2) is 6.94. The van der Waals surface area contributed by atoms with Gasteiger partial charge in [-0.15, -0.1) is 0 Å². The molecule has 3 aromatic heterocycles. The zero-order valence-electron chi connectivity index (χ0n) is 17.0. The minimum atomic E-state index is -0.420. The minimum absolute atomic E-state index is 0.105. The van der Waals surface area contributed by atoms with Gasteiger partial charge < -0.3 is 4.57 Å².